The number of aryl methyl sites for hydroxylation is 1. The lowest BCUT2D eigenvalue weighted by Gasteiger charge is -2.15. The summed E-state index contributed by atoms with van der Waals surface area (Å²) < 4.78 is 3.35. The van der Waals surface area contributed by atoms with Gasteiger partial charge in [0.1, 0.15) is 0 Å². The maximum atomic E-state index is 12.9. The first-order chi connectivity index (χ1) is 12.6. The molecule has 26 heavy (non-hydrogen) atoms. The molecular weight excluding hydrogens is 330 g/mol. The number of amides is 1. The number of nitrogens with zero attached hydrogens (tertiary/aromatic N) is 7. The predicted octanol–water partition coefficient (Wildman–Crippen LogP) is 1.95. The molecule has 4 aromatic rings. The fourth-order valence-electron chi connectivity index (χ4n) is 2.78. The second-order valence-corrected chi connectivity index (χ2v) is 5.98. The van der Waals surface area contributed by atoms with Crippen molar-refractivity contribution in [1.29, 1.82) is 0 Å². The van der Waals surface area contributed by atoms with Crippen molar-refractivity contribution in [1.82, 2.24) is 29.6 Å². The van der Waals surface area contributed by atoms with Crippen LogP contribution in [0.2, 0.25) is 0 Å². The van der Waals surface area contributed by atoms with E-state index in [0.29, 0.717) is 23.6 Å². The topological polar surface area (TPSA) is 81.2 Å². The van der Waals surface area contributed by atoms with E-state index < -0.39 is 0 Å². The normalized spacial score (nSPS) is 11.0. The Morgan fingerprint density at radius 2 is 2.00 bits per heavy atom. The number of carbonyl (C=O) groups excluding carboxylic acids is 1. The van der Waals surface area contributed by atoms with Crippen molar-refractivity contribution in [2.75, 3.05) is 11.9 Å². The van der Waals surface area contributed by atoms with E-state index in [-0.39, 0.29) is 5.91 Å². The van der Waals surface area contributed by atoms with Crippen molar-refractivity contribution < 1.29 is 4.79 Å². The minimum atomic E-state index is -0.209. The fourth-order valence-corrected chi connectivity index (χ4v) is 2.78. The van der Waals surface area contributed by atoms with Crippen LogP contribution in [0.25, 0.3) is 5.65 Å². The smallest absolute Gasteiger partial charge is 0.262 e. The van der Waals surface area contributed by atoms with E-state index in [1.807, 2.05) is 37.3 Å². The Hall–Kier alpha value is -3.55. The van der Waals surface area contributed by atoms with Crippen molar-refractivity contribution in [3.63, 3.8) is 0 Å². The minimum Gasteiger partial charge on any atom is -0.293 e. The second-order valence-electron chi connectivity index (χ2n) is 5.98. The number of hydrogen-bond donors (Lipinski definition) is 0. The summed E-state index contributed by atoms with van der Waals surface area (Å²) in [5.41, 5.74) is 3.02. The van der Waals surface area contributed by atoms with Gasteiger partial charge in [0.25, 0.3) is 5.91 Å². The predicted molar refractivity (Wildman–Crippen MR) is 96.0 cm³/mol. The molecule has 8 nitrogen and oxygen atoms in total. The van der Waals surface area contributed by atoms with E-state index in [2.05, 4.69) is 20.4 Å². The lowest BCUT2D eigenvalue weighted by atomic mass is 10.2. The number of hydrogen-bond acceptors (Lipinski definition) is 5. The summed E-state index contributed by atoms with van der Waals surface area (Å²) in [6.45, 7) is 2.44. The maximum absolute atomic E-state index is 12.9. The van der Waals surface area contributed by atoms with Gasteiger partial charge in [0, 0.05) is 19.3 Å². The van der Waals surface area contributed by atoms with Crippen LogP contribution in [0.1, 0.15) is 21.6 Å². The van der Waals surface area contributed by atoms with Crippen LogP contribution in [0.5, 0.6) is 0 Å². The Kier molecular flexibility index (Phi) is 3.92. The SMILES string of the molecule is Cc1c(C(=O)N(C)c2cn(Cc3ccccc3)nn2)cnc2ccnn12. The number of rotatable bonds is 4. The van der Waals surface area contributed by atoms with Gasteiger partial charge < -0.3 is 0 Å². The van der Waals surface area contributed by atoms with Crippen LogP contribution in [-0.2, 0) is 6.54 Å². The molecule has 8 heteroatoms. The molecule has 0 atom stereocenters. The van der Waals surface area contributed by atoms with Gasteiger partial charge in [-0.25, -0.2) is 14.2 Å². The first-order valence-corrected chi connectivity index (χ1v) is 8.15. The molecule has 0 fully saturated rings. The molecule has 3 heterocycles. The molecule has 0 bridgehead atoms. The largest absolute Gasteiger partial charge is 0.293 e. The zero-order valence-corrected chi connectivity index (χ0v) is 14.4. The van der Waals surface area contributed by atoms with Gasteiger partial charge >= 0.3 is 0 Å². The Bertz CT molecular complexity index is 1070. The molecule has 0 N–H and O–H groups in total. The lowest BCUT2D eigenvalue weighted by Crippen LogP contribution is -2.28. The highest BCUT2D eigenvalue weighted by Gasteiger charge is 2.20. The number of fused-ring (bicyclic) bond motifs is 1. The summed E-state index contributed by atoms with van der Waals surface area (Å²) in [4.78, 5) is 18.6. The number of anilines is 1. The fraction of sp³-hybridized carbons (Fsp3) is 0.167. The first-order valence-electron chi connectivity index (χ1n) is 8.15. The van der Waals surface area contributed by atoms with Crippen molar-refractivity contribution in [3.8, 4) is 0 Å². The van der Waals surface area contributed by atoms with E-state index in [1.54, 1.807) is 40.9 Å². The van der Waals surface area contributed by atoms with Crippen molar-refractivity contribution in [3.05, 3.63) is 71.8 Å². The highest BCUT2D eigenvalue weighted by molar-refractivity contribution is 6.05. The molecule has 0 aliphatic carbocycles. The van der Waals surface area contributed by atoms with Crippen molar-refractivity contribution >= 4 is 17.4 Å². The molecule has 0 aliphatic heterocycles. The van der Waals surface area contributed by atoms with Crippen LogP contribution in [0.15, 0.2) is 55.0 Å². The van der Waals surface area contributed by atoms with E-state index in [1.165, 1.54) is 4.90 Å². The summed E-state index contributed by atoms with van der Waals surface area (Å²) in [5, 5.41) is 12.4. The van der Waals surface area contributed by atoms with Crippen LogP contribution in [-0.4, -0.2) is 42.5 Å². The van der Waals surface area contributed by atoms with E-state index in [9.17, 15) is 4.79 Å². The van der Waals surface area contributed by atoms with Crippen LogP contribution in [0.4, 0.5) is 5.82 Å². The average Bonchev–Trinajstić information content (AvgIpc) is 3.31. The molecule has 0 saturated heterocycles. The van der Waals surface area contributed by atoms with Crippen LogP contribution in [0.3, 0.4) is 0 Å². The standard InChI is InChI=1S/C18H17N7O/c1-13-15(10-19-16-8-9-20-25(13)16)18(26)23(2)17-12-24(22-21-17)11-14-6-4-3-5-7-14/h3-10,12H,11H2,1-2H3. The molecule has 3 aromatic heterocycles. The van der Waals surface area contributed by atoms with Crippen LogP contribution >= 0.6 is 0 Å². The van der Waals surface area contributed by atoms with E-state index in [0.717, 1.165) is 11.3 Å². The molecule has 1 amide bonds. The number of aromatic nitrogens is 6. The summed E-state index contributed by atoms with van der Waals surface area (Å²) in [6.07, 6.45) is 4.97. The summed E-state index contributed by atoms with van der Waals surface area (Å²) >= 11 is 0. The molecule has 0 radical (unpaired) electrons. The summed E-state index contributed by atoms with van der Waals surface area (Å²) in [6, 6.07) is 11.7. The lowest BCUT2D eigenvalue weighted by molar-refractivity contribution is 0.0990. The molecule has 0 unspecified atom stereocenters. The number of benzene rings is 1. The zero-order valence-electron chi connectivity index (χ0n) is 14.4. The Morgan fingerprint density at radius 1 is 1.19 bits per heavy atom. The van der Waals surface area contributed by atoms with Gasteiger partial charge in [-0.15, -0.1) is 5.10 Å². The van der Waals surface area contributed by atoms with Crippen molar-refractivity contribution in [2.45, 2.75) is 13.5 Å². The first kappa shape index (κ1) is 15.9. The summed E-state index contributed by atoms with van der Waals surface area (Å²) in [5.74, 6) is 0.269. The summed E-state index contributed by atoms with van der Waals surface area (Å²) in [7, 11) is 1.67. The van der Waals surface area contributed by atoms with Gasteiger partial charge in [-0.05, 0) is 12.5 Å². The Balaban J connectivity index is 1.57. The van der Waals surface area contributed by atoms with E-state index >= 15 is 0 Å². The van der Waals surface area contributed by atoms with Gasteiger partial charge in [0.05, 0.1) is 30.2 Å². The molecular formula is C18H17N7O. The molecule has 1 aromatic carbocycles. The van der Waals surface area contributed by atoms with Crippen LogP contribution in [0, 0.1) is 6.92 Å². The van der Waals surface area contributed by atoms with Gasteiger partial charge in [0.2, 0.25) is 0 Å². The van der Waals surface area contributed by atoms with Gasteiger partial charge in [0.15, 0.2) is 11.5 Å². The highest BCUT2D eigenvalue weighted by Crippen LogP contribution is 2.16. The number of carbonyl (C=O) groups is 1. The van der Waals surface area contributed by atoms with E-state index in [4.69, 9.17) is 0 Å². The third-order valence-electron chi connectivity index (χ3n) is 4.25. The van der Waals surface area contributed by atoms with Gasteiger partial charge in [-0.1, -0.05) is 35.5 Å². The molecule has 0 saturated carbocycles. The molecule has 0 aliphatic rings. The average molecular weight is 347 g/mol. The van der Waals surface area contributed by atoms with Gasteiger partial charge in [-0.2, -0.15) is 5.10 Å². The van der Waals surface area contributed by atoms with Gasteiger partial charge in [-0.3, -0.25) is 9.69 Å². The molecule has 130 valence electrons. The third kappa shape index (κ3) is 2.81. The zero-order chi connectivity index (χ0) is 18.1. The second kappa shape index (κ2) is 6.40. The monoisotopic (exact) mass is 347 g/mol. The minimum absolute atomic E-state index is 0.209. The quantitative estimate of drug-likeness (QED) is 0.564. The Morgan fingerprint density at radius 3 is 2.81 bits per heavy atom. The molecule has 4 rings (SSSR count). The highest BCUT2D eigenvalue weighted by atomic mass is 16.2. The maximum Gasteiger partial charge on any atom is 0.262 e. The Labute approximate surface area is 149 Å². The third-order valence-corrected chi connectivity index (χ3v) is 4.25. The van der Waals surface area contributed by atoms with Crippen LogP contribution < -0.4 is 4.90 Å². The molecule has 0 spiro atoms. The van der Waals surface area contributed by atoms with Crippen molar-refractivity contribution in [2.24, 2.45) is 0 Å².